The molecule has 0 unspecified atom stereocenters. The van der Waals surface area contributed by atoms with Crippen LogP contribution in [0.1, 0.15) is 0 Å². The third kappa shape index (κ3) is 747. The Kier molecular flexibility index (Phi) is 17.1. The Hall–Kier alpha value is 1.26. The summed E-state index contributed by atoms with van der Waals surface area (Å²) in [6.45, 7) is 0. The van der Waals surface area contributed by atoms with Gasteiger partial charge in [-0.05, 0) is 0 Å². The molecule has 0 aliphatic heterocycles. The standard InChI is InChI=1S/Mn.Na.2H2O4S/c;;2*1-5(2,3)4/h;;2*(H2,1,2,3,4)/q+2;+1;;/p-3. The van der Waals surface area contributed by atoms with E-state index in [9.17, 15) is 0 Å². The topological polar surface area (TPSA) is 158 Å². The van der Waals surface area contributed by atoms with Gasteiger partial charge in [0.25, 0.3) is 0 Å². The van der Waals surface area contributed by atoms with E-state index in [0.29, 0.717) is 0 Å². The van der Waals surface area contributed by atoms with Gasteiger partial charge in [-0.2, -0.15) is 0 Å². The Morgan fingerprint density at radius 2 is 0.917 bits per heavy atom. The van der Waals surface area contributed by atoms with Crippen molar-refractivity contribution in [3.63, 3.8) is 0 Å². The van der Waals surface area contributed by atoms with E-state index in [-0.39, 0.29) is 46.6 Å². The molecule has 0 atom stereocenters. The molecule has 0 spiro atoms. The van der Waals surface area contributed by atoms with Crippen LogP contribution in [0.2, 0.25) is 0 Å². The minimum Gasteiger partial charge on any atom is -0.759 e. The fourth-order valence-corrected chi connectivity index (χ4v) is 0. The van der Waals surface area contributed by atoms with Crippen molar-refractivity contribution in [2.24, 2.45) is 0 Å². The first-order chi connectivity index (χ1) is 4.00. The van der Waals surface area contributed by atoms with Gasteiger partial charge in [-0.3, -0.25) is 13.0 Å². The molecule has 0 aliphatic carbocycles. The van der Waals surface area contributed by atoms with Gasteiger partial charge in [0, 0.05) is 10.4 Å². The van der Waals surface area contributed by atoms with E-state index in [1.165, 1.54) is 0 Å². The summed E-state index contributed by atoms with van der Waals surface area (Å²) in [5.41, 5.74) is 0. The molecule has 1 N–H and O–H groups in total. The average Bonchev–Trinajstić information content (AvgIpc) is 1.12. The third-order valence-electron chi connectivity index (χ3n) is 0. The molecule has 0 bridgehead atoms. The first kappa shape index (κ1) is 23.2. The first-order valence-electron chi connectivity index (χ1n) is 1.35. The van der Waals surface area contributed by atoms with Crippen molar-refractivity contribution >= 4 is 20.8 Å². The maximum absolute atomic E-state index is 8.63. The molecule has 12 heteroatoms. The van der Waals surface area contributed by atoms with Gasteiger partial charge in [-0.25, -0.2) is 8.42 Å². The normalized spacial score (nSPS) is 9.67. The molecular formula is HMnNaO8S2. The molecule has 0 saturated carbocycles. The summed E-state index contributed by atoms with van der Waals surface area (Å²) >= 11 is 0. The molecule has 8 nitrogen and oxygen atoms in total. The zero-order chi connectivity index (χ0) is 9.00. The fraction of sp³-hybridized carbons (Fsp3) is 0. The van der Waals surface area contributed by atoms with Gasteiger partial charge in [0.2, 0.25) is 10.4 Å². The predicted octanol–water partition coefficient (Wildman–Crippen LogP) is -5.33. The molecule has 0 fully saturated rings. The summed E-state index contributed by atoms with van der Waals surface area (Å²) in [5.74, 6) is 0. The minimum atomic E-state index is -5.17. The van der Waals surface area contributed by atoms with Crippen LogP contribution in [0.25, 0.3) is 0 Å². The van der Waals surface area contributed by atoms with Gasteiger partial charge in [0.05, 0.1) is 0 Å². The van der Waals surface area contributed by atoms with Crippen molar-refractivity contribution in [2.75, 3.05) is 0 Å². The second-order valence-corrected chi connectivity index (χ2v) is 2.51. The zero-order valence-corrected chi connectivity index (χ0v) is 10.3. The van der Waals surface area contributed by atoms with E-state index in [1.54, 1.807) is 0 Å². The molecule has 0 heterocycles. The Labute approximate surface area is 102 Å². The van der Waals surface area contributed by atoms with Gasteiger partial charge >= 0.3 is 46.6 Å². The van der Waals surface area contributed by atoms with Crippen molar-refractivity contribution < 1.29 is 81.7 Å². The monoisotopic (exact) mass is 271 g/mol. The maximum Gasteiger partial charge on any atom is 2.00 e. The molecule has 0 rings (SSSR count). The summed E-state index contributed by atoms with van der Waals surface area (Å²) in [6.07, 6.45) is 0. The van der Waals surface area contributed by atoms with Crippen LogP contribution < -0.4 is 29.6 Å². The molecular weight excluding hydrogens is 270 g/mol. The summed E-state index contributed by atoms with van der Waals surface area (Å²) in [5, 5.41) is 0. The molecule has 12 heavy (non-hydrogen) atoms. The van der Waals surface area contributed by atoms with Crippen LogP contribution in [0.15, 0.2) is 0 Å². The smallest absolute Gasteiger partial charge is 0.759 e. The van der Waals surface area contributed by atoms with E-state index in [4.69, 9.17) is 35.0 Å². The molecule has 0 aliphatic rings. The zero-order valence-electron chi connectivity index (χ0n) is 5.50. The van der Waals surface area contributed by atoms with Gasteiger partial charge < -0.3 is 13.7 Å². The van der Waals surface area contributed by atoms with Crippen molar-refractivity contribution in [3.05, 3.63) is 0 Å². The molecule has 0 aromatic rings. The minimum absolute atomic E-state index is 0. The van der Waals surface area contributed by atoms with Gasteiger partial charge in [0.15, 0.2) is 0 Å². The first-order valence-corrected chi connectivity index (χ1v) is 4.05. The Balaban J connectivity index is -0.0000000457. The average molecular weight is 271 g/mol. The van der Waals surface area contributed by atoms with Crippen molar-refractivity contribution in [3.8, 4) is 0 Å². The Morgan fingerprint density at radius 1 is 0.917 bits per heavy atom. The molecule has 0 amide bonds. The summed E-state index contributed by atoms with van der Waals surface area (Å²) in [4.78, 5) is 0. The van der Waals surface area contributed by atoms with Crippen LogP contribution in [-0.4, -0.2) is 35.0 Å². The van der Waals surface area contributed by atoms with Crippen LogP contribution in [0.4, 0.5) is 0 Å². The van der Waals surface area contributed by atoms with E-state index >= 15 is 0 Å². The number of hydrogen-bond donors (Lipinski definition) is 1. The van der Waals surface area contributed by atoms with Crippen LogP contribution >= 0.6 is 0 Å². The SMILES string of the molecule is O=S(=O)([O-])O.O=S(=O)([O-])[O-].[Mn+2].[Na+]. The van der Waals surface area contributed by atoms with Crippen LogP contribution in [0.5, 0.6) is 0 Å². The molecule has 0 aromatic carbocycles. The molecule has 0 saturated heterocycles. The van der Waals surface area contributed by atoms with E-state index in [1.807, 2.05) is 0 Å². The van der Waals surface area contributed by atoms with Crippen molar-refractivity contribution in [1.82, 2.24) is 0 Å². The predicted molar refractivity (Wildman–Crippen MR) is 22.8 cm³/mol. The molecule has 0 aromatic heterocycles. The van der Waals surface area contributed by atoms with Crippen LogP contribution in [0, 0.1) is 0 Å². The molecule has 69 valence electrons. The summed E-state index contributed by atoms with van der Waals surface area (Å²) < 4.78 is 66.9. The van der Waals surface area contributed by atoms with E-state index in [2.05, 4.69) is 0 Å². The number of rotatable bonds is 0. The number of hydrogen-bond acceptors (Lipinski definition) is 7. The van der Waals surface area contributed by atoms with E-state index in [0.717, 1.165) is 0 Å². The largest absolute Gasteiger partial charge is 2.00 e. The third-order valence-corrected chi connectivity index (χ3v) is 0. The summed E-state index contributed by atoms with van der Waals surface area (Å²) in [6, 6.07) is 0. The quantitative estimate of drug-likeness (QED) is 0.260. The van der Waals surface area contributed by atoms with E-state index < -0.39 is 20.8 Å². The van der Waals surface area contributed by atoms with Crippen molar-refractivity contribution in [1.29, 1.82) is 0 Å². The Morgan fingerprint density at radius 3 is 0.917 bits per heavy atom. The summed E-state index contributed by atoms with van der Waals surface area (Å²) in [7, 11) is -10.1. The van der Waals surface area contributed by atoms with Gasteiger partial charge in [0.1, 0.15) is 0 Å². The maximum atomic E-state index is 8.63. The Bertz CT molecular complexity index is 213. The van der Waals surface area contributed by atoms with Crippen molar-refractivity contribution in [2.45, 2.75) is 0 Å². The molecule has 1 radical (unpaired) electrons. The fourth-order valence-electron chi connectivity index (χ4n) is 0. The van der Waals surface area contributed by atoms with Gasteiger partial charge in [-0.15, -0.1) is 0 Å². The second-order valence-electron chi connectivity index (χ2n) is 0.836. The van der Waals surface area contributed by atoms with Crippen LogP contribution in [-0.2, 0) is 37.9 Å². The van der Waals surface area contributed by atoms with Gasteiger partial charge in [-0.1, -0.05) is 0 Å². The van der Waals surface area contributed by atoms with Crippen LogP contribution in [0.3, 0.4) is 0 Å². The second kappa shape index (κ2) is 8.84.